The second-order valence-corrected chi connectivity index (χ2v) is 11.5. The van der Waals surface area contributed by atoms with Gasteiger partial charge in [0.05, 0.1) is 22.3 Å². The Balaban J connectivity index is 1.59. The minimum Gasteiger partial charge on any atom is -0.339 e. The first-order valence-electron chi connectivity index (χ1n) is 9.34. The van der Waals surface area contributed by atoms with Gasteiger partial charge >= 0.3 is 0 Å². The molecule has 0 aromatic heterocycles. The highest BCUT2D eigenvalue weighted by Gasteiger charge is 2.31. The van der Waals surface area contributed by atoms with Crippen molar-refractivity contribution in [1.29, 1.82) is 5.26 Å². The van der Waals surface area contributed by atoms with Crippen LogP contribution < -0.4 is 0 Å². The molecule has 1 heterocycles. The van der Waals surface area contributed by atoms with Gasteiger partial charge in [-0.05, 0) is 35.9 Å². The molecular formula is C20H20ClN3O5S2. The van der Waals surface area contributed by atoms with Gasteiger partial charge in [-0.3, -0.25) is 4.79 Å². The van der Waals surface area contributed by atoms with Crippen molar-refractivity contribution in [3.05, 3.63) is 64.7 Å². The first-order chi connectivity index (χ1) is 14.6. The summed E-state index contributed by atoms with van der Waals surface area (Å²) in [6.45, 7) is 0.336. The van der Waals surface area contributed by atoms with Crippen LogP contribution in [0.2, 0.25) is 5.02 Å². The van der Waals surface area contributed by atoms with E-state index in [9.17, 15) is 21.6 Å². The van der Waals surface area contributed by atoms with Crippen LogP contribution in [-0.2, 0) is 30.4 Å². The van der Waals surface area contributed by atoms with Gasteiger partial charge < -0.3 is 4.90 Å². The third kappa shape index (κ3) is 5.83. The Morgan fingerprint density at radius 3 is 2.23 bits per heavy atom. The van der Waals surface area contributed by atoms with Crippen molar-refractivity contribution >= 4 is 37.4 Å². The van der Waals surface area contributed by atoms with Crippen LogP contribution in [0.25, 0.3) is 0 Å². The van der Waals surface area contributed by atoms with Crippen LogP contribution in [0.4, 0.5) is 0 Å². The van der Waals surface area contributed by atoms with E-state index < -0.39 is 31.5 Å². The number of piperazine rings is 1. The zero-order valence-corrected chi connectivity index (χ0v) is 18.8. The number of hydrogen-bond acceptors (Lipinski definition) is 6. The van der Waals surface area contributed by atoms with E-state index in [1.165, 1.54) is 33.5 Å². The van der Waals surface area contributed by atoms with Crippen molar-refractivity contribution in [3.63, 3.8) is 0 Å². The van der Waals surface area contributed by atoms with Crippen molar-refractivity contribution in [1.82, 2.24) is 9.21 Å². The lowest BCUT2D eigenvalue weighted by molar-refractivity contribution is -0.129. The molecule has 1 amide bonds. The third-order valence-corrected chi connectivity index (χ3v) is 8.43. The molecule has 2 aromatic carbocycles. The summed E-state index contributed by atoms with van der Waals surface area (Å²) in [5, 5.41) is 9.11. The predicted molar refractivity (Wildman–Crippen MR) is 115 cm³/mol. The Bertz CT molecular complexity index is 1210. The number of nitriles is 1. The fraction of sp³-hybridized carbons (Fsp3) is 0.300. The Labute approximate surface area is 186 Å². The molecule has 0 spiro atoms. The van der Waals surface area contributed by atoms with E-state index in [4.69, 9.17) is 16.9 Å². The topological polar surface area (TPSA) is 116 Å². The van der Waals surface area contributed by atoms with E-state index in [0.717, 1.165) is 0 Å². The molecule has 31 heavy (non-hydrogen) atoms. The molecule has 0 atom stereocenters. The van der Waals surface area contributed by atoms with Crippen LogP contribution >= 0.6 is 11.6 Å². The van der Waals surface area contributed by atoms with Crippen molar-refractivity contribution in [2.45, 2.75) is 10.6 Å². The van der Waals surface area contributed by atoms with E-state index in [0.29, 0.717) is 16.1 Å². The first kappa shape index (κ1) is 23.2. The molecule has 3 rings (SSSR count). The average Bonchev–Trinajstić information content (AvgIpc) is 2.73. The number of carbonyl (C=O) groups is 1. The number of sulfonamides is 1. The quantitative estimate of drug-likeness (QED) is 0.619. The molecule has 1 aliphatic rings. The Morgan fingerprint density at radius 1 is 1.00 bits per heavy atom. The fourth-order valence-corrected chi connectivity index (χ4v) is 6.30. The summed E-state index contributed by atoms with van der Waals surface area (Å²) < 4.78 is 51.6. The molecule has 0 N–H and O–H groups in total. The number of sulfone groups is 1. The number of carbonyl (C=O) groups excluding carboxylic acids is 1. The molecule has 1 saturated heterocycles. The van der Waals surface area contributed by atoms with Gasteiger partial charge in [-0.1, -0.05) is 29.8 Å². The van der Waals surface area contributed by atoms with Gasteiger partial charge in [0.15, 0.2) is 9.84 Å². The average molecular weight is 482 g/mol. The Kier molecular flexibility index (Phi) is 7.01. The SMILES string of the molecule is N#Cc1ccc(CS(=O)(=O)CC(=O)N2CCN(S(=O)(=O)c3cccc(Cl)c3)CC2)cc1. The zero-order chi connectivity index (χ0) is 22.6. The predicted octanol–water partition coefficient (Wildman–Crippen LogP) is 1.66. The number of nitrogens with zero attached hydrogens (tertiary/aromatic N) is 3. The Hall–Kier alpha value is -2.45. The normalized spacial score (nSPS) is 15.4. The summed E-state index contributed by atoms with van der Waals surface area (Å²) in [7, 11) is -7.46. The van der Waals surface area contributed by atoms with Gasteiger partial charge in [0, 0.05) is 31.2 Å². The van der Waals surface area contributed by atoms with Gasteiger partial charge in [0.1, 0.15) is 5.75 Å². The molecule has 0 unspecified atom stereocenters. The third-order valence-electron chi connectivity index (χ3n) is 4.84. The van der Waals surface area contributed by atoms with Crippen molar-refractivity contribution in [2.75, 3.05) is 31.9 Å². The summed E-state index contributed by atoms with van der Waals surface area (Å²) in [5.74, 6) is -1.53. The van der Waals surface area contributed by atoms with Crippen LogP contribution in [0.3, 0.4) is 0 Å². The number of benzene rings is 2. The highest BCUT2D eigenvalue weighted by molar-refractivity contribution is 7.91. The van der Waals surface area contributed by atoms with Crippen LogP contribution in [0, 0.1) is 11.3 Å². The number of amides is 1. The van der Waals surface area contributed by atoms with E-state index in [1.807, 2.05) is 6.07 Å². The summed E-state index contributed by atoms with van der Waals surface area (Å²) >= 11 is 5.88. The van der Waals surface area contributed by atoms with E-state index in [1.54, 1.807) is 24.3 Å². The first-order valence-corrected chi connectivity index (χ1v) is 13.0. The maximum Gasteiger partial charge on any atom is 0.243 e. The molecule has 0 saturated carbocycles. The molecule has 0 bridgehead atoms. The number of rotatable bonds is 6. The highest BCUT2D eigenvalue weighted by Crippen LogP contribution is 2.21. The fourth-order valence-electron chi connectivity index (χ4n) is 3.21. The van der Waals surface area contributed by atoms with Crippen molar-refractivity contribution in [3.8, 4) is 6.07 Å². The molecule has 11 heteroatoms. The molecule has 1 aliphatic heterocycles. The van der Waals surface area contributed by atoms with E-state index in [2.05, 4.69) is 0 Å². The summed E-state index contributed by atoms with van der Waals surface area (Å²) in [6, 6.07) is 14.0. The molecule has 2 aromatic rings. The summed E-state index contributed by atoms with van der Waals surface area (Å²) in [6.07, 6.45) is 0. The highest BCUT2D eigenvalue weighted by atomic mass is 35.5. The van der Waals surface area contributed by atoms with E-state index >= 15 is 0 Å². The molecule has 8 nitrogen and oxygen atoms in total. The summed E-state index contributed by atoms with van der Waals surface area (Å²) in [5.41, 5.74) is 0.909. The second kappa shape index (κ2) is 9.36. The van der Waals surface area contributed by atoms with Crippen LogP contribution in [0.15, 0.2) is 53.4 Å². The lowest BCUT2D eigenvalue weighted by Gasteiger charge is -2.34. The lowest BCUT2D eigenvalue weighted by Crippen LogP contribution is -2.51. The van der Waals surface area contributed by atoms with Gasteiger partial charge in [0.25, 0.3) is 0 Å². The van der Waals surface area contributed by atoms with Crippen LogP contribution in [0.5, 0.6) is 0 Å². The van der Waals surface area contributed by atoms with Gasteiger partial charge in [-0.15, -0.1) is 0 Å². The maximum absolute atomic E-state index is 12.7. The number of hydrogen-bond donors (Lipinski definition) is 0. The molecule has 0 radical (unpaired) electrons. The van der Waals surface area contributed by atoms with Gasteiger partial charge in [-0.2, -0.15) is 9.57 Å². The lowest BCUT2D eigenvalue weighted by atomic mass is 10.2. The molecule has 0 aliphatic carbocycles. The molecular weight excluding hydrogens is 462 g/mol. The number of halogens is 1. The molecule has 164 valence electrons. The van der Waals surface area contributed by atoms with Crippen molar-refractivity contribution < 1.29 is 21.6 Å². The van der Waals surface area contributed by atoms with Crippen LogP contribution in [-0.4, -0.2) is 63.9 Å². The smallest absolute Gasteiger partial charge is 0.243 e. The van der Waals surface area contributed by atoms with Gasteiger partial charge in [-0.25, -0.2) is 16.8 Å². The van der Waals surface area contributed by atoms with Crippen molar-refractivity contribution in [2.24, 2.45) is 0 Å². The standard InChI is InChI=1S/C20H20ClN3O5S2/c21-18-2-1-3-19(12-18)31(28,29)24-10-8-23(9-11-24)20(25)15-30(26,27)14-17-6-4-16(13-22)5-7-17/h1-7,12H,8-11,14-15H2. The maximum atomic E-state index is 12.7. The monoisotopic (exact) mass is 481 g/mol. The minimum atomic E-state index is -3.75. The molecule has 1 fully saturated rings. The summed E-state index contributed by atoms with van der Waals surface area (Å²) in [4.78, 5) is 13.9. The minimum absolute atomic E-state index is 0.0657. The Morgan fingerprint density at radius 2 is 1.65 bits per heavy atom. The largest absolute Gasteiger partial charge is 0.339 e. The van der Waals surface area contributed by atoms with Gasteiger partial charge in [0.2, 0.25) is 15.9 Å². The second-order valence-electron chi connectivity index (χ2n) is 7.08. The van der Waals surface area contributed by atoms with Crippen LogP contribution in [0.1, 0.15) is 11.1 Å². The zero-order valence-electron chi connectivity index (χ0n) is 16.4. The van der Waals surface area contributed by atoms with E-state index in [-0.39, 0.29) is 36.8 Å².